The molecular formula is C19H20F4N3O2+. The monoisotopic (exact) mass is 398 g/mol. The van der Waals surface area contributed by atoms with E-state index in [1.54, 1.807) is 14.0 Å². The molecule has 0 aliphatic carbocycles. The van der Waals surface area contributed by atoms with Crippen LogP contribution in [0.4, 0.5) is 28.9 Å². The van der Waals surface area contributed by atoms with Crippen LogP contribution in [0.15, 0.2) is 48.5 Å². The van der Waals surface area contributed by atoms with Crippen LogP contribution in [0.25, 0.3) is 0 Å². The Kier molecular flexibility index (Phi) is 6.74. The Morgan fingerprint density at radius 2 is 1.68 bits per heavy atom. The zero-order valence-corrected chi connectivity index (χ0v) is 15.2. The normalized spacial score (nSPS) is 13.5. The van der Waals surface area contributed by atoms with Crippen LogP contribution in [-0.2, 0) is 15.8 Å². The SMILES string of the molecule is C[C@H](C(=O)Nc1ccc(C(F)(F)F)cc1)[NH+](C)CC(=O)Nc1cccc(F)c1. The van der Waals surface area contributed by atoms with Crippen molar-refractivity contribution in [1.29, 1.82) is 0 Å². The van der Waals surface area contributed by atoms with Gasteiger partial charge in [0.25, 0.3) is 11.8 Å². The van der Waals surface area contributed by atoms with Gasteiger partial charge < -0.3 is 15.5 Å². The van der Waals surface area contributed by atoms with Gasteiger partial charge in [-0.3, -0.25) is 9.59 Å². The maximum Gasteiger partial charge on any atom is 0.416 e. The third kappa shape index (κ3) is 6.05. The van der Waals surface area contributed by atoms with Gasteiger partial charge in [-0.25, -0.2) is 4.39 Å². The van der Waals surface area contributed by atoms with Crippen molar-refractivity contribution in [3.8, 4) is 0 Å². The highest BCUT2D eigenvalue weighted by Gasteiger charge is 2.30. The van der Waals surface area contributed by atoms with Crippen LogP contribution in [0.3, 0.4) is 0 Å². The van der Waals surface area contributed by atoms with Crippen molar-refractivity contribution in [2.45, 2.75) is 19.1 Å². The lowest BCUT2D eigenvalue weighted by Crippen LogP contribution is -3.14. The quantitative estimate of drug-likeness (QED) is 0.654. The smallest absolute Gasteiger partial charge is 0.321 e. The zero-order valence-electron chi connectivity index (χ0n) is 15.2. The summed E-state index contributed by atoms with van der Waals surface area (Å²) in [5, 5.41) is 5.06. The highest BCUT2D eigenvalue weighted by atomic mass is 19.4. The number of carbonyl (C=O) groups excluding carboxylic acids is 2. The molecule has 150 valence electrons. The summed E-state index contributed by atoms with van der Waals surface area (Å²) in [5.41, 5.74) is -0.281. The number of hydrogen-bond acceptors (Lipinski definition) is 2. The zero-order chi connectivity index (χ0) is 20.9. The van der Waals surface area contributed by atoms with Crippen molar-refractivity contribution < 1.29 is 32.1 Å². The van der Waals surface area contributed by atoms with Gasteiger partial charge in [0.1, 0.15) is 5.82 Å². The average Bonchev–Trinajstić information content (AvgIpc) is 2.60. The number of halogens is 4. The van der Waals surface area contributed by atoms with E-state index in [0.29, 0.717) is 10.6 Å². The average molecular weight is 398 g/mol. The second kappa shape index (κ2) is 8.83. The van der Waals surface area contributed by atoms with Crippen LogP contribution >= 0.6 is 0 Å². The maximum atomic E-state index is 13.1. The lowest BCUT2D eigenvalue weighted by atomic mass is 10.2. The molecule has 9 heteroatoms. The Bertz CT molecular complexity index is 838. The predicted molar refractivity (Wildman–Crippen MR) is 96.3 cm³/mol. The summed E-state index contributed by atoms with van der Waals surface area (Å²) in [6.07, 6.45) is -4.45. The number of amides is 2. The first-order chi connectivity index (χ1) is 13.1. The van der Waals surface area contributed by atoms with Gasteiger partial charge in [0.2, 0.25) is 0 Å². The largest absolute Gasteiger partial charge is 0.416 e. The van der Waals surface area contributed by atoms with Crippen molar-refractivity contribution in [3.63, 3.8) is 0 Å². The van der Waals surface area contributed by atoms with E-state index in [9.17, 15) is 27.2 Å². The third-order valence-electron chi connectivity index (χ3n) is 4.16. The van der Waals surface area contributed by atoms with Crippen LogP contribution < -0.4 is 15.5 Å². The molecule has 0 heterocycles. The molecule has 5 nitrogen and oxygen atoms in total. The van der Waals surface area contributed by atoms with Gasteiger partial charge in [-0.05, 0) is 49.4 Å². The first-order valence-corrected chi connectivity index (χ1v) is 8.42. The molecule has 0 aromatic heterocycles. The molecule has 2 atom stereocenters. The van der Waals surface area contributed by atoms with E-state index >= 15 is 0 Å². The lowest BCUT2D eigenvalue weighted by molar-refractivity contribution is -0.885. The molecule has 0 spiro atoms. The van der Waals surface area contributed by atoms with Crippen LogP contribution in [0, 0.1) is 5.82 Å². The topological polar surface area (TPSA) is 62.6 Å². The number of benzene rings is 2. The molecule has 2 aromatic carbocycles. The van der Waals surface area contributed by atoms with E-state index in [2.05, 4.69) is 10.6 Å². The van der Waals surface area contributed by atoms with E-state index in [4.69, 9.17) is 0 Å². The van der Waals surface area contributed by atoms with Crippen molar-refractivity contribution in [2.75, 3.05) is 24.2 Å². The van der Waals surface area contributed by atoms with Crippen LogP contribution in [-0.4, -0.2) is 31.4 Å². The number of nitrogens with one attached hydrogen (secondary N) is 3. The summed E-state index contributed by atoms with van der Waals surface area (Å²) in [7, 11) is 1.63. The molecule has 2 rings (SSSR count). The van der Waals surface area contributed by atoms with E-state index in [1.165, 1.54) is 36.4 Å². The molecule has 2 aromatic rings. The molecule has 0 radical (unpaired) electrons. The minimum absolute atomic E-state index is 0.0574. The van der Waals surface area contributed by atoms with Crippen LogP contribution in [0.2, 0.25) is 0 Å². The molecule has 0 saturated carbocycles. The van der Waals surface area contributed by atoms with Crippen LogP contribution in [0.1, 0.15) is 12.5 Å². The minimum atomic E-state index is -4.45. The molecule has 1 unspecified atom stereocenters. The van der Waals surface area contributed by atoms with E-state index in [0.717, 1.165) is 12.1 Å². The van der Waals surface area contributed by atoms with Gasteiger partial charge in [-0.15, -0.1) is 0 Å². The van der Waals surface area contributed by atoms with Crippen molar-refractivity contribution in [2.24, 2.45) is 0 Å². The molecule has 0 fully saturated rings. The number of likely N-dealkylation sites (N-methyl/N-ethyl adjacent to an activating group) is 1. The maximum absolute atomic E-state index is 13.1. The first-order valence-electron chi connectivity index (χ1n) is 8.42. The summed E-state index contributed by atoms with van der Waals surface area (Å²) in [4.78, 5) is 24.9. The summed E-state index contributed by atoms with van der Waals surface area (Å²) in [5.74, 6) is -1.34. The van der Waals surface area contributed by atoms with E-state index < -0.39 is 35.4 Å². The Morgan fingerprint density at radius 1 is 1.04 bits per heavy atom. The van der Waals surface area contributed by atoms with E-state index in [-0.39, 0.29) is 12.2 Å². The van der Waals surface area contributed by atoms with Gasteiger partial charge in [-0.1, -0.05) is 6.07 Å². The number of carbonyl (C=O) groups is 2. The van der Waals surface area contributed by atoms with E-state index in [1.807, 2.05) is 0 Å². The van der Waals surface area contributed by atoms with Gasteiger partial charge in [-0.2, -0.15) is 13.2 Å². The second-order valence-electron chi connectivity index (χ2n) is 6.37. The molecule has 0 bridgehead atoms. The summed E-state index contributed by atoms with van der Waals surface area (Å²) < 4.78 is 50.8. The van der Waals surface area contributed by atoms with Gasteiger partial charge >= 0.3 is 6.18 Å². The molecule has 0 aliphatic rings. The standard InChI is InChI=1S/C19H19F4N3O2/c1-12(18(28)25-15-8-6-13(7-9-15)19(21,22)23)26(2)11-17(27)24-16-5-3-4-14(20)10-16/h3-10,12H,11H2,1-2H3,(H,24,27)(H,25,28)/p+1/t12-/m1/s1. The first kappa shape index (κ1) is 21.4. The summed E-state index contributed by atoms with van der Waals surface area (Å²) in [6.45, 7) is 1.53. The van der Waals surface area contributed by atoms with Crippen LogP contribution in [0.5, 0.6) is 0 Å². The number of quaternary nitrogens is 1. The number of alkyl halides is 3. The Morgan fingerprint density at radius 3 is 2.25 bits per heavy atom. The molecule has 0 aliphatic heterocycles. The fraction of sp³-hybridized carbons (Fsp3) is 0.263. The predicted octanol–water partition coefficient (Wildman–Crippen LogP) is 2.32. The van der Waals surface area contributed by atoms with Crippen molar-refractivity contribution >= 4 is 23.2 Å². The van der Waals surface area contributed by atoms with Crippen molar-refractivity contribution in [3.05, 3.63) is 59.9 Å². The Hall–Kier alpha value is -2.94. The highest BCUT2D eigenvalue weighted by Crippen LogP contribution is 2.29. The molecule has 2 amide bonds. The molecule has 0 saturated heterocycles. The second-order valence-corrected chi connectivity index (χ2v) is 6.37. The van der Waals surface area contributed by atoms with Gasteiger partial charge in [0.05, 0.1) is 12.6 Å². The number of anilines is 2. The van der Waals surface area contributed by atoms with Gasteiger partial charge in [0.15, 0.2) is 12.6 Å². The molecule has 28 heavy (non-hydrogen) atoms. The summed E-state index contributed by atoms with van der Waals surface area (Å²) in [6, 6.07) is 8.86. The third-order valence-corrected chi connectivity index (χ3v) is 4.16. The number of hydrogen-bond donors (Lipinski definition) is 3. The molecule has 3 N–H and O–H groups in total. The molecular weight excluding hydrogens is 378 g/mol. The van der Waals surface area contributed by atoms with Crippen molar-refractivity contribution in [1.82, 2.24) is 0 Å². The highest BCUT2D eigenvalue weighted by molar-refractivity contribution is 5.94. The minimum Gasteiger partial charge on any atom is -0.321 e. The Labute approximate surface area is 159 Å². The summed E-state index contributed by atoms with van der Waals surface area (Å²) >= 11 is 0. The fourth-order valence-electron chi connectivity index (χ4n) is 2.39. The van der Waals surface area contributed by atoms with Gasteiger partial charge in [0, 0.05) is 11.4 Å². The lowest BCUT2D eigenvalue weighted by Gasteiger charge is -2.20. The Balaban J connectivity index is 1.90. The fourth-order valence-corrected chi connectivity index (χ4v) is 2.39. The number of rotatable bonds is 6.